The number of carbonyl (C=O) groups is 1. The third kappa shape index (κ3) is 2.33. The monoisotopic (exact) mass is 273 g/mol. The Balaban J connectivity index is 3.42. The minimum atomic E-state index is -1.08. The van der Waals surface area contributed by atoms with E-state index in [-0.39, 0.29) is 16.6 Å². The van der Waals surface area contributed by atoms with Crippen LogP contribution in [0.1, 0.15) is 21.5 Å². The molecule has 0 bridgehead atoms. The van der Waals surface area contributed by atoms with E-state index < -0.39 is 10.9 Å². The van der Waals surface area contributed by atoms with Gasteiger partial charge in [-0.15, -0.1) is 0 Å². The lowest BCUT2D eigenvalue weighted by Crippen LogP contribution is -2.03. The van der Waals surface area contributed by atoms with E-state index >= 15 is 0 Å². The van der Waals surface area contributed by atoms with E-state index in [1.54, 1.807) is 0 Å². The first kappa shape index (κ1) is 11.6. The quantitative estimate of drug-likeness (QED) is 0.521. The van der Waals surface area contributed by atoms with Gasteiger partial charge in [0.05, 0.1) is 10.5 Å². The summed E-state index contributed by atoms with van der Waals surface area (Å²) in [5, 5.41) is 19.7. The molecular weight excluding hydrogens is 266 g/mol. The number of hydrogen-bond acceptors (Lipinski definition) is 3. The zero-order valence-corrected chi connectivity index (χ0v) is 9.44. The van der Waals surface area contributed by atoms with Crippen LogP contribution in [0.2, 0.25) is 0 Å². The molecule has 15 heavy (non-hydrogen) atoms. The van der Waals surface area contributed by atoms with Crippen molar-refractivity contribution in [1.29, 1.82) is 0 Å². The molecule has 1 aromatic rings. The lowest BCUT2D eigenvalue weighted by Gasteiger charge is -2.04. The second-order valence-corrected chi connectivity index (χ2v) is 3.55. The van der Waals surface area contributed by atoms with E-state index in [0.29, 0.717) is 11.1 Å². The highest BCUT2D eigenvalue weighted by Gasteiger charge is 2.18. The summed E-state index contributed by atoms with van der Waals surface area (Å²) in [6, 6.07) is 2.60. The second-order valence-electron chi connectivity index (χ2n) is 2.99. The van der Waals surface area contributed by atoms with E-state index in [9.17, 15) is 14.9 Å². The van der Waals surface area contributed by atoms with Crippen molar-refractivity contribution in [3.05, 3.63) is 38.9 Å². The van der Waals surface area contributed by atoms with Crippen LogP contribution in [0.5, 0.6) is 0 Å². The molecule has 0 saturated heterocycles. The van der Waals surface area contributed by atoms with Gasteiger partial charge in [0.1, 0.15) is 0 Å². The number of nitrogens with zero attached hydrogens (tertiary/aromatic N) is 1. The van der Waals surface area contributed by atoms with E-state index in [0.717, 1.165) is 0 Å². The zero-order valence-electron chi connectivity index (χ0n) is 7.86. The minimum Gasteiger partial charge on any atom is -0.478 e. The summed E-state index contributed by atoms with van der Waals surface area (Å²) in [4.78, 5) is 20.9. The van der Waals surface area contributed by atoms with Gasteiger partial charge in [-0.25, -0.2) is 4.79 Å². The van der Waals surface area contributed by atoms with Crippen molar-refractivity contribution >= 4 is 27.6 Å². The Labute approximate surface area is 94.0 Å². The third-order valence-corrected chi connectivity index (χ3v) is 2.60. The molecule has 0 heterocycles. The van der Waals surface area contributed by atoms with Crippen LogP contribution in [0, 0.1) is 17.0 Å². The van der Waals surface area contributed by atoms with Gasteiger partial charge in [0.15, 0.2) is 0 Å². The molecule has 1 rings (SSSR count). The largest absolute Gasteiger partial charge is 0.478 e. The molecule has 0 saturated carbocycles. The Morgan fingerprint density at radius 2 is 2.20 bits per heavy atom. The summed E-state index contributed by atoms with van der Waals surface area (Å²) in [6.45, 7) is 1.54. The molecule has 1 N–H and O–H groups in total. The maximum atomic E-state index is 10.8. The summed E-state index contributed by atoms with van der Waals surface area (Å²) in [6.07, 6.45) is 0. The Bertz CT molecular complexity index is 430. The van der Waals surface area contributed by atoms with Crippen LogP contribution >= 0.6 is 15.9 Å². The topological polar surface area (TPSA) is 80.4 Å². The third-order valence-electron chi connectivity index (χ3n) is 2.00. The fourth-order valence-corrected chi connectivity index (χ4v) is 1.69. The summed E-state index contributed by atoms with van der Waals surface area (Å²) in [7, 11) is 0. The summed E-state index contributed by atoms with van der Waals surface area (Å²) in [5.74, 6) is -1.08. The summed E-state index contributed by atoms with van der Waals surface area (Å²) < 4.78 is 0. The number of aryl methyl sites for hydroxylation is 1. The molecule has 0 aromatic heterocycles. The van der Waals surface area contributed by atoms with Crippen LogP contribution in [0.3, 0.4) is 0 Å². The van der Waals surface area contributed by atoms with Crippen molar-refractivity contribution in [3.8, 4) is 0 Å². The molecule has 0 aliphatic rings. The predicted octanol–water partition coefficient (Wildman–Crippen LogP) is 2.50. The fraction of sp³-hybridized carbons (Fsp3) is 0.222. The first-order valence-electron chi connectivity index (χ1n) is 4.04. The first-order valence-corrected chi connectivity index (χ1v) is 5.16. The summed E-state index contributed by atoms with van der Waals surface area (Å²) in [5.41, 5.74) is 0.784. The lowest BCUT2D eigenvalue weighted by molar-refractivity contribution is -0.385. The van der Waals surface area contributed by atoms with Gasteiger partial charge in [-0.2, -0.15) is 0 Å². The Kier molecular flexibility index (Phi) is 3.41. The standard InChI is InChI=1S/C9H8BrNO4/c1-5-2-8(11(14)15)6(4-10)3-7(5)9(12)13/h2-3H,4H2,1H3,(H,12,13). The molecular formula is C9H8BrNO4. The number of carboxylic acid groups (broad SMARTS) is 1. The van der Waals surface area contributed by atoms with Crippen LogP contribution in [-0.2, 0) is 5.33 Å². The number of alkyl halides is 1. The number of nitro groups is 1. The molecule has 0 amide bonds. The van der Waals surface area contributed by atoms with Crippen molar-refractivity contribution in [1.82, 2.24) is 0 Å². The normalized spacial score (nSPS) is 10.0. The average molecular weight is 274 g/mol. The number of hydrogen-bond donors (Lipinski definition) is 1. The molecule has 0 atom stereocenters. The van der Waals surface area contributed by atoms with Gasteiger partial charge < -0.3 is 5.11 Å². The van der Waals surface area contributed by atoms with Gasteiger partial charge in [0.25, 0.3) is 5.69 Å². The molecule has 5 nitrogen and oxygen atoms in total. The van der Waals surface area contributed by atoms with Gasteiger partial charge in [0, 0.05) is 17.0 Å². The van der Waals surface area contributed by atoms with Crippen LogP contribution < -0.4 is 0 Å². The molecule has 0 aliphatic heterocycles. The van der Waals surface area contributed by atoms with Crippen molar-refractivity contribution in [2.24, 2.45) is 0 Å². The van der Waals surface area contributed by atoms with Crippen LogP contribution in [0.4, 0.5) is 5.69 Å². The smallest absolute Gasteiger partial charge is 0.335 e. The van der Waals surface area contributed by atoms with E-state index in [1.165, 1.54) is 19.1 Å². The lowest BCUT2D eigenvalue weighted by atomic mass is 10.0. The summed E-state index contributed by atoms with van der Waals surface area (Å²) >= 11 is 3.09. The Morgan fingerprint density at radius 3 is 2.60 bits per heavy atom. The Morgan fingerprint density at radius 1 is 1.60 bits per heavy atom. The number of benzene rings is 1. The minimum absolute atomic E-state index is 0.0608. The van der Waals surface area contributed by atoms with Crippen molar-refractivity contribution in [2.45, 2.75) is 12.3 Å². The van der Waals surface area contributed by atoms with Crippen LogP contribution in [0.15, 0.2) is 12.1 Å². The van der Waals surface area contributed by atoms with Crippen molar-refractivity contribution < 1.29 is 14.8 Å². The number of halogens is 1. The second kappa shape index (κ2) is 4.39. The van der Waals surface area contributed by atoms with Gasteiger partial charge in [-0.3, -0.25) is 10.1 Å². The van der Waals surface area contributed by atoms with Gasteiger partial charge in [0.2, 0.25) is 0 Å². The molecule has 0 fully saturated rings. The van der Waals surface area contributed by atoms with Gasteiger partial charge in [-0.05, 0) is 18.6 Å². The van der Waals surface area contributed by atoms with E-state index in [4.69, 9.17) is 5.11 Å². The van der Waals surface area contributed by atoms with Crippen LogP contribution in [-0.4, -0.2) is 16.0 Å². The maximum absolute atomic E-state index is 10.8. The van der Waals surface area contributed by atoms with Crippen LogP contribution in [0.25, 0.3) is 0 Å². The maximum Gasteiger partial charge on any atom is 0.335 e. The van der Waals surface area contributed by atoms with Crippen molar-refractivity contribution in [2.75, 3.05) is 0 Å². The molecule has 80 valence electrons. The highest BCUT2D eigenvalue weighted by molar-refractivity contribution is 9.08. The number of aromatic carboxylic acids is 1. The molecule has 0 unspecified atom stereocenters. The van der Waals surface area contributed by atoms with Gasteiger partial charge in [-0.1, -0.05) is 15.9 Å². The number of nitro benzene ring substituents is 1. The highest BCUT2D eigenvalue weighted by atomic mass is 79.9. The molecule has 0 radical (unpaired) electrons. The molecule has 1 aromatic carbocycles. The first-order chi connectivity index (χ1) is 6.97. The zero-order chi connectivity index (χ0) is 11.6. The fourth-order valence-electron chi connectivity index (χ4n) is 1.24. The highest BCUT2D eigenvalue weighted by Crippen LogP contribution is 2.25. The van der Waals surface area contributed by atoms with E-state index in [2.05, 4.69) is 15.9 Å². The van der Waals surface area contributed by atoms with Gasteiger partial charge >= 0.3 is 5.97 Å². The molecule has 0 aliphatic carbocycles. The molecule has 0 spiro atoms. The number of rotatable bonds is 3. The van der Waals surface area contributed by atoms with Crippen molar-refractivity contribution in [3.63, 3.8) is 0 Å². The SMILES string of the molecule is Cc1cc([N+](=O)[O-])c(CBr)cc1C(=O)O. The average Bonchev–Trinajstić information content (AvgIpc) is 2.16. The molecule has 6 heteroatoms. The van der Waals surface area contributed by atoms with E-state index in [1.807, 2.05) is 0 Å². The predicted molar refractivity (Wildman–Crippen MR) is 57.4 cm³/mol. The Hall–Kier alpha value is -1.43. The number of carboxylic acids is 1.